The number of unbranched alkanes of at least 4 members (excludes halogenated alkanes) is 1. The molecule has 0 bridgehead atoms. The molecule has 5 nitrogen and oxygen atoms in total. The van der Waals surface area contributed by atoms with E-state index in [9.17, 15) is 9.90 Å². The Hall–Kier alpha value is -0.940. The molecule has 0 aliphatic carbocycles. The standard InChI is InChI=1S/C15H31N3O2/c1-7-8-9-17-15(5,6)13(20)18-12(16)10-11(19)14(2,3)4/h11,17,19H,7-10H2,1-6H3,(H2,16,18,20). The quantitative estimate of drug-likeness (QED) is 0.328. The zero-order chi connectivity index (χ0) is 16.0. The maximum Gasteiger partial charge on any atom is 0.244 e. The van der Waals surface area contributed by atoms with Gasteiger partial charge in [-0.3, -0.25) is 10.2 Å². The van der Waals surface area contributed by atoms with Crippen molar-refractivity contribution in [1.29, 1.82) is 5.41 Å². The van der Waals surface area contributed by atoms with E-state index >= 15 is 0 Å². The molecule has 4 N–H and O–H groups in total. The average Bonchev–Trinajstić information content (AvgIpc) is 2.27. The number of rotatable bonds is 7. The number of carbonyl (C=O) groups excluding carboxylic acids is 1. The van der Waals surface area contributed by atoms with Crippen LogP contribution in [0.5, 0.6) is 0 Å². The minimum atomic E-state index is -0.714. The van der Waals surface area contributed by atoms with E-state index in [0.29, 0.717) is 0 Å². The summed E-state index contributed by atoms with van der Waals surface area (Å²) in [6, 6.07) is 0. The molecule has 0 heterocycles. The van der Waals surface area contributed by atoms with Gasteiger partial charge in [0.2, 0.25) is 5.91 Å². The van der Waals surface area contributed by atoms with E-state index < -0.39 is 11.6 Å². The first kappa shape index (κ1) is 19.1. The molecule has 1 amide bonds. The number of nitrogens with one attached hydrogen (secondary N) is 3. The molecule has 5 heteroatoms. The zero-order valence-electron chi connectivity index (χ0n) is 13.8. The molecule has 1 unspecified atom stereocenters. The van der Waals surface area contributed by atoms with Crippen LogP contribution < -0.4 is 10.6 Å². The van der Waals surface area contributed by atoms with Gasteiger partial charge >= 0.3 is 0 Å². The molecule has 0 aromatic rings. The first-order valence-corrected chi connectivity index (χ1v) is 7.32. The fourth-order valence-corrected chi connectivity index (χ4v) is 1.50. The summed E-state index contributed by atoms with van der Waals surface area (Å²) in [5.74, 6) is -0.178. The Bertz CT molecular complexity index is 333. The number of aliphatic hydroxyl groups excluding tert-OH is 1. The van der Waals surface area contributed by atoms with Gasteiger partial charge in [-0.25, -0.2) is 0 Å². The Labute approximate surface area is 123 Å². The second-order valence-corrected chi connectivity index (χ2v) is 6.92. The predicted molar refractivity (Wildman–Crippen MR) is 82.9 cm³/mol. The highest BCUT2D eigenvalue weighted by Crippen LogP contribution is 2.21. The molecular formula is C15H31N3O2. The van der Waals surface area contributed by atoms with Crippen molar-refractivity contribution < 1.29 is 9.90 Å². The van der Waals surface area contributed by atoms with Crippen LogP contribution in [0.4, 0.5) is 0 Å². The molecule has 0 fully saturated rings. The van der Waals surface area contributed by atoms with Gasteiger partial charge in [0, 0.05) is 6.42 Å². The first-order chi connectivity index (χ1) is 9.00. The lowest BCUT2D eigenvalue weighted by Crippen LogP contribution is -2.54. The van der Waals surface area contributed by atoms with Crippen LogP contribution in [0.1, 0.15) is 60.8 Å². The van der Waals surface area contributed by atoms with E-state index in [1.807, 2.05) is 20.8 Å². The number of amides is 1. The number of aliphatic hydroxyl groups is 1. The maximum atomic E-state index is 12.1. The number of hydrogen-bond donors (Lipinski definition) is 4. The van der Waals surface area contributed by atoms with Crippen LogP contribution in [0, 0.1) is 10.8 Å². The summed E-state index contributed by atoms with van der Waals surface area (Å²) in [4.78, 5) is 12.1. The van der Waals surface area contributed by atoms with Crippen molar-refractivity contribution in [2.24, 2.45) is 5.41 Å². The second kappa shape index (κ2) is 7.74. The van der Waals surface area contributed by atoms with Crippen LogP contribution in [0.3, 0.4) is 0 Å². The zero-order valence-corrected chi connectivity index (χ0v) is 13.8. The monoisotopic (exact) mass is 285 g/mol. The second-order valence-electron chi connectivity index (χ2n) is 6.92. The molecule has 20 heavy (non-hydrogen) atoms. The van der Waals surface area contributed by atoms with Gasteiger partial charge in [0.1, 0.15) is 5.84 Å². The van der Waals surface area contributed by atoms with E-state index in [0.717, 1.165) is 19.4 Å². The average molecular weight is 285 g/mol. The Morgan fingerprint density at radius 2 is 1.80 bits per heavy atom. The number of hydrogen-bond acceptors (Lipinski definition) is 4. The van der Waals surface area contributed by atoms with Crippen LogP contribution in [0.25, 0.3) is 0 Å². The van der Waals surface area contributed by atoms with Crippen LogP contribution in [-0.2, 0) is 4.79 Å². The third-order valence-corrected chi connectivity index (χ3v) is 3.33. The topological polar surface area (TPSA) is 85.2 Å². The minimum Gasteiger partial charge on any atom is -0.392 e. The third-order valence-electron chi connectivity index (χ3n) is 3.33. The van der Waals surface area contributed by atoms with Gasteiger partial charge in [-0.15, -0.1) is 0 Å². The van der Waals surface area contributed by atoms with Crippen LogP contribution in [0.2, 0.25) is 0 Å². The van der Waals surface area contributed by atoms with Gasteiger partial charge in [0.15, 0.2) is 0 Å². The molecule has 0 spiro atoms. The van der Waals surface area contributed by atoms with Crippen LogP contribution in [0.15, 0.2) is 0 Å². The van der Waals surface area contributed by atoms with Crippen molar-refractivity contribution in [3.8, 4) is 0 Å². The molecule has 0 saturated carbocycles. The summed E-state index contributed by atoms with van der Waals surface area (Å²) in [5.41, 5.74) is -1.01. The molecular weight excluding hydrogens is 254 g/mol. The van der Waals surface area contributed by atoms with Gasteiger partial charge in [-0.2, -0.15) is 0 Å². The summed E-state index contributed by atoms with van der Waals surface area (Å²) in [6.45, 7) is 12.2. The lowest BCUT2D eigenvalue weighted by atomic mass is 9.87. The Balaban J connectivity index is 4.34. The predicted octanol–water partition coefficient (Wildman–Crippen LogP) is 2.05. The normalized spacial score (nSPS) is 13.9. The Morgan fingerprint density at radius 1 is 1.25 bits per heavy atom. The molecule has 0 aromatic carbocycles. The summed E-state index contributed by atoms with van der Waals surface area (Å²) in [7, 11) is 0. The third kappa shape index (κ3) is 7.01. The van der Waals surface area contributed by atoms with E-state index in [4.69, 9.17) is 5.41 Å². The molecule has 118 valence electrons. The van der Waals surface area contributed by atoms with Crippen LogP contribution >= 0.6 is 0 Å². The first-order valence-electron chi connectivity index (χ1n) is 7.32. The number of carbonyl (C=O) groups is 1. The largest absolute Gasteiger partial charge is 0.392 e. The molecule has 1 atom stereocenters. The lowest BCUT2D eigenvalue weighted by molar-refractivity contribution is -0.125. The summed E-state index contributed by atoms with van der Waals surface area (Å²) >= 11 is 0. The van der Waals surface area contributed by atoms with Crippen molar-refractivity contribution in [2.45, 2.75) is 72.4 Å². The molecule has 0 rings (SSSR count). The van der Waals surface area contributed by atoms with E-state index in [1.165, 1.54) is 0 Å². The smallest absolute Gasteiger partial charge is 0.244 e. The highest BCUT2D eigenvalue weighted by molar-refractivity contribution is 6.00. The van der Waals surface area contributed by atoms with Crippen molar-refractivity contribution in [1.82, 2.24) is 10.6 Å². The van der Waals surface area contributed by atoms with Crippen molar-refractivity contribution in [3.05, 3.63) is 0 Å². The molecule has 0 aliphatic rings. The van der Waals surface area contributed by atoms with Crippen molar-refractivity contribution in [3.63, 3.8) is 0 Å². The van der Waals surface area contributed by atoms with Crippen molar-refractivity contribution >= 4 is 11.7 Å². The van der Waals surface area contributed by atoms with Gasteiger partial charge < -0.3 is 15.7 Å². The Kier molecular flexibility index (Phi) is 7.38. The van der Waals surface area contributed by atoms with Crippen molar-refractivity contribution in [2.75, 3.05) is 6.54 Å². The fraction of sp³-hybridized carbons (Fsp3) is 0.867. The van der Waals surface area contributed by atoms with E-state index in [2.05, 4.69) is 17.6 Å². The molecule has 0 aliphatic heterocycles. The van der Waals surface area contributed by atoms with Crippen LogP contribution in [-0.4, -0.2) is 35.0 Å². The molecule has 0 saturated heterocycles. The van der Waals surface area contributed by atoms with Gasteiger partial charge in [-0.1, -0.05) is 34.1 Å². The van der Waals surface area contributed by atoms with Gasteiger partial charge in [-0.05, 0) is 32.2 Å². The Morgan fingerprint density at radius 3 is 2.25 bits per heavy atom. The minimum absolute atomic E-state index is 0.0581. The summed E-state index contributed by atoms with van der Waals surface area (Å²) in [6.07, 6.45) is 1.58. The molecule has 0 radical (unpaired) electrons. The highest BCUT2D eigenvalue weighted by Gasteiger charge is 2.29. The van der Waals surface area contributed by atoms with Gasteiger partial charge in [0.05, 0.1) is 11.6 Å². The fourth-order valence-electron chi connectivity index (χ4n) is 1.50. The van der Waals surface area contributed by atoms with E-state index in [1.54, 1.807) is 13.8 Å². The van der Waals surface area contributed by atoms with Gasteiger partial charge in [0.25, 0.3) is 0 Å². The van der Waals surface area contributed by atoms with E-state index in [-0.39, 0.29) is 23.6 Å². The maximum absolute atomic E-state index is 12.1. The lowest BCUT2D eigenvalue weighted by Gasteiger charge is -2.28. The highest BCUT2D eigenvalue weighted by atomic mass is 16.3. The SMILES string of the molecule is CCCCNC(C)(C)C(=O)NC(=N)CC(O)C(C)(C)C. The molecule has 0 aromatic heterocycles. The number of amidine groups is 1. The summed E-state index contributed by atoms with van der Waals surface area (Å²) in [5, 5.41) is 23.5. The summed E-state index contributed by atoms with van der Waals surface area (Å²) < 4.78 is 0.